The molecule has 0 nitrogen and oxygen atoms in total. The Kier molecular flexibility index (Phi) is 4.23. The molecule has 0 saturated carbocycles. The second-order valence-electron chi connectivity index (χ2n) is 2.73. The summed E-state index contributed by atoms with van der Waals surface area (Å²) in [5.41, 5.74) is 2.55. The van der Waals surface area contributed by atoms with E-state index in [1.165, 1.54) is 11.1 Å². The molecule has 0 spiro atoms. The van der Waals surface area contributed by atoms with Gasteiger partial charge in [0, 0.05) is 29.6 Å². The molecular weight excluding hydrogens is 167 g/mol. The van der Waals surface area contributed by atoms with Crippen LogP contribution in [-0.4, -0.2) is 29.6 Å². The van der Waals surface area contributed by atoms with Crippen molar-refractivity contribution in [2.45, 2.75) is 0 Å². The van der Waals surface area contributed by atoms with Crippen LogP contribution >= 0.6 is 0 Å². The second-order valence-corrected chi connectivity index (χ2v) is 2.73. The standard InChI is InChI=1S/C12H10.Na/c1-3-7-11(8-4-1)12-9-5-2-6-10-12;/h1-10H;. The molecule has 2 aromatic rings. The molecule has 2 rings (SSSR count). The Labute approximate surface area is 101 Å². The zero-order valence-corrected chi connectivity index (χ0v) is 9.77. The first-order chi connectivity index (χ1) is 5.97. The molecule has 0 unspecified atom stereocenters. The van der Waals surface area contributed by atoms with Gasteiger partial charge >= 0.3 is 0 Å². The van der Waals surface area contributed by atoms with E-state index in [2.05, 4.69) is 48.5 Å². The van der Waals surface area contributed by atoms with Gasteiger partial charge in [-0.1, -0.05) is 60.7 Å². The first kappa shape index (κ1) is 10.5. The van der Waals surface area contributed by atoms with Crippen molar-refractivity contribution < 1.29 is 0 Å². The molecule has 2 aromatic carbocycles. The van der Waals surface area contributed by atoms with Crippen LogP contribution in [0, 0.1) is 0 Å². The summed E-state index contributed by atoms with van der Waals surface area (Å²) < 4.78 is 0. The fourth-order valence-electron chi connectivity index (χ4n) is 1.26. The van der Waals surface area contributed by atoms with Gasteiger partial charge in [0.05, 0.1) is 0 Å². The summed E-state index contributed by atoms with van der Waals surface area (Å²) in [6.07, 6.45) is 0. The average molecular weight is 177 g/mol. The van der Waals surface area contributed by atoms with Gasteiger partial charge in [-0.15, -0.1) is 0 Å². The summed E-state index contributed by atoms with van der Waals surface area (Å²) in [5.74, 6) is 0. The van der Waals surface area contributed by atoms with Gasteiger partial charge in [-0.05, 0) is 11.1 Å². The third-order valence-corrected chi connectivity index (χ3v) is 1.88. The Bertz CT molecular complexity index is 303. The van der Waals surface area contributed by atoms with Crippen LogP contribution in [0.15, 0.2) is 60.7 Å². The molecule has 0 bridgehead atoms. The van der Waals surface area contributed by atoms with E-state index >= 15 is 0 Å². The maximum absolute atomic E-state index is 2.12. The van der Waals surface area contributed by atoms with Crippen LogP contribution in [-0.2, 0) is 0 Å². The molecule has 0 aliphatic heterocycles. The molecule has 59 valence electrons. The molecule has 1 radical (unpaired) electrons. The molecule has 0 atom stereocenters. The number of rotatable bonds is 1. The molecule has 13 heavy (non-hydrogen) atoms. The molecule has 0 saturated heterocycles. The SMILES string of the molecule is [Na].c1ccc(-c2ccccc2)cc1. The first-order valence-corrected chi connectivity index (χ1v) is 4.07. The van der Waals surface area contributed by atoms with Gasteiger partial charge in [-0.3, -0.25) is 0 Å². The van der Waals surface area contributed by atoms with Crippen LogP contribution in [0.3, 0.4) is 0 Å². The van der Waals surface area contributed by atoms with Crippen LogP contribution in [0.2, 0.25) is 0 Å². The maximum atomic E-state index is 2.12. The monoisotopic (exact) mass is 177 g/mol. The molecule has 0 aromatic heterocycles. The van der Waals surface area contributed by atoms with Crippen molar-refractivity contribution in [1.82, 2.24) is 0 Å². The van der Waals surface area contributed by atoms with E-state index in [4.69, 9.17) is 0 Å². The van der Waals surface area contributed by atoms with Crippen molar-refractivity contribution in [2.24, 2.45) is 0 Å². The van der Waals surface area contributed by atoms with Crippen molar-refractivity contribution in [3.05, 3.63) is 60.7 Å². The minimum atomic E-state index is 0. The summed E-state index contributed by atoms with van der Waals surface area (Å²) in [6, 6.07) is 20.8. The minimum Gasteiger partial charge on any atom is -0.0622 e. The van der Waals surface area contributed by atoms with Crippen LogP contribution in [0.25, 0.3) is 11.1 Å². The fourth-order valence-corrected chi connectivity index (χ4v) is 1.26. The second kappa shape index (κ2) is 5.23. The van der Waals surface area contributed by atoms with E-state index < -0.39 is 0 Å². The van der Waals surface area contributed by atoms with Gasteiger partial charge in [0.1, 0.15) is 0 Å². The van der Waals surface area contributed by atoms with E-state index in [1.807, 2.05) is 12.1 Å². The van der Waals surface area contributed by atoms with E-state index in [0.29, 0.717) is 0 Å². The number of benzene rings is 2. The van der Waals surface area contributed by atoms with E-state index in [-0.39, 0.29) is 29.6 Å². The summed E-state index contributed by atoms with van der Waals surface area (Å²) in [4.78, 5) is 0. The van der Waals surface area contributed by atoms with Gasteiger partial charge in [0.2, 0.25) is 0 Å². The molecule has 0 amide bonds. The number of hydrogen-bond acceptors (Lipinski definition) is 0. The largest absolute Gasteiger partial charge is 0.0622 e. The Morgan fingerprint density at radius 3 is 1.08 bits per heavy atom. The smallest absolute Gasteiger partial charge is 0 e. The Balaban J connectivity index is 0.000000845. The summed E-state index contributed by atoms with van der Waals surface area (Å²) in [7, 11) is 0. The quantitative estimate of drug-likeness (QED) is 0.587. The number of hydrogen-bond donors (Lipinski definition) is 0. The molecule has 0 fully saturated rings. The maximum Gasteiger partial charge on any atom is 0 e. The summed E-state index contributed by atoms with van der Waals surface area (Å²) in [5, 5.41) is 0. The van der Waals surface area contributed by atoms with Gasteiger partial charge in [-0.25, -0.2) is 0 Å². The van der Waals surface area contributed by atoms with Crippen LogP contribution in [0.5, 0.6) is 0 Å². The van der Waals surface area contributed by atoms with Crippen molar-refractivity contribution in [3.8, 4) is 11.1 Å². The third-order valence-electron chi connectivity index (χ3n) is 1.88. The van der Waals surface area contributed by atoms with Crippen LogP contribution < -0.4 is 0 Å². The Morgan fingerprint density at radius 2 is 0.769 bits per heavy atom. The van der Waals surface area contributed by atoms with Gasteiger partial charge in [0.25, 0.3) is 0 Å². The summed E-state index contributed by atoms with van der Waals surface area (Å²) in [6.45, 7) is 0. The van der Waals surface area contributed by atoms with Gasteiger partial charge in [-0.2, -0.15) is 0 Å². The van der Waals surface area contributed by atoms with Crippen molar-refractivity contribution in [3.63, 3.8) is 0 Å². The van der Waals surface area contributed by atoms with Gasteiger partial charge < -0.3 is 0 Å². The predicted molar refractivity (Wildman–Crippen MR) is 57.6 cm³/mol. The third kappa shape index (κ3) is 2.70. The van der Waals surface area contributed by atoms with Crippen molar-refractivity contribution in [2.75, 3.05) is 0 Å². The fraction of sp³-hybridized carbons (Fsp3) is 0. The van der Waals surface area contributed by atoms with E-state index in [9.17, 15) is 0 Å². The predicted octanol–water partition coefficient (Wildman–Crippen LogP) is 2.97. The van der Waals surface area contributed by atoms with E-state index in [0.717, 1.165) is 0 Å². The topological polar surface area (TPSA) is 0 Å². The normalized spacial score (nSPS) is 8.92. The average Bonchev–Trinajstić information content (AvgIpc) is 2.21. The molecule has 0 N–H and O–H groups in total. The van der Waals surface area contributed by atoms with E-state index in [1.54, 1.807) is 0 Å². The minimum absolute atomic E-state index is 0. The molecular formula is C12H10Na. The van der Waals surface area contributed by atoms with Crippen LogP contribution in [0.1, 0.15) is 0 Å². The zero-order chi connectivity index (χ0) is 8.23. The van der Waals surface area contributed by atoms with Gasteiger partial charge in [0.15, 0.2) is 0 Å². The van der Waals surface area contributed by atoms with Crippen molar-refractivity contribution >= 4 is 29.6 Å². The molecule has 1 heteroatoms. The molecule has 0 aliphatic carbocycles. The first-order valence-electron chi connectivity index (χ1n) is 4.07. The zero-order valence-electron chi connectivity index (χ0n) is 7.77. The van der Waals surface area contributed by atoms with Crippen molar-refractivity contribution in [1.29, 1.82) is 0 Å². The molecule has 0 heterocycles. The Hall–Kier alpha value is -0.560. The van der Waals surface area contributed by atoms with Crippen LogP contribution in [0.4, 0.5) is 0 Å². The summed E-state index contributed by atoms with van der Waals surface area (Å²) >= 11 is 0. The Morgan fingerprint density at radius 1 is 0.462 bits per heavy atom. The molecule has 0 aliphatic rings.